The summed E-state index contributed by atoms with van der Waals surface area (Å²) >= 11 is 5.35. The minimum Gasteiger partial charge on any atom is -0.443 e. The van der Waals surface area contributed by atoms with E-state index in [0.29, 0.717) is 12.1 Å². The highest BCUT2D eigenvalue weighted by Crippen LogP contribution is 2.43. The van der Waals surface area contributed by atoms with Crippen LogP contribution in [0.4, 0.5) is 31.1 Å². The minimum atomic E-state index is -5.10. The average molecular weight is 334 g/mol. The summed E-state index contributed by atoms with van der Waals surface area (Å²) in [5.74, 6) is -5.60. The van der Waals surface area contributed by atoms with Crippen LogP contribution in [0.3, 0.4) is 0 Å². The van der Waals surface area contributed by atoms with Crippen molar-refractivity contribution in [1.29, 1.82) is 0 Å². The van der Waals surface area contributed by atoms with Crippen LogP contribution in [0.1, 0.15) is 17.2 Å². The molecule has 1 amide bonds. The fourth-order valence-electron chi connectivity index (χ4n) is 1.89. The maximum absolute atomic E-state index is 13.9. The van der Waals surface area contributed by atoms with Gasteiger partial charge in [-0.1, -0.05) is 11.6 Å². The molecule has 0 aliphatic carbocycles. The molecule has 0 spiro atoms. The predicted octanol–water partition coefficient (Wildman–Crippen LogP) is 3.91. The molecule has 10 heteroatoms. The van der Waals surface area contributed by atoms with E-state index in [-0.39, 0.29) is 0 Å². The Hall–Kier alpha value is -1.64. The largest absolute Gasteiger partial charge is 0.443 e. The van der Waals surface area contributed by atoms with Gasteiger partial charge in [0, 0.05) is 5.56 Å². The molecule has 116 valence electrons. The van der Waals surface area contributed by atoms with Crippen LogP contribution in [0.15, 0.2) is 12.1 Å². The number of alkyl carbamates (subject to hydrolysis) is 1. The first kappa shape index (κ1) is 15.7. The summed E-state index contributed by atoms with van der Waals surface area (Å²) in [4.78, 5) is 11.0. The second-order valence-electron chi connectivity index (χ2n) is 4.23. The van der Waals surface area contributed by atoms with E-state index in [1.165, 1.54) is 5.32 Å². The van der Waals surface area contributed by atoms with Crippen molar-refractivity contribution in [1.82, 2.24) is 5.32 Å². The molecule has 1 aromatic carbocycles. The highest BCUT2D eigenvalue weighted by molar-refractivity contribution is 6.30. The van der Waals surface area contributed by atoms with Crippen LogP contribution in [0.5, 0.6) is 0 Å². The normalized spacial score (nSPS) is 21.7. The van der Waals surface area contributed by atoms with Crippen LogP contribution < -0.4 is 5.32 Å². The van der Waals surface area contributed by atoms with Gasteiger partial charge in [0.15, 0.2) is 6.61 Å². The molecule has 1 aromatic rings. The predicted molar refractivity (Wildman–Crippen MR) is 58.6 cm³/mol. The topological polar surface area (TPSA) is 38.3 Å². The lowest BCUT2D eigenvalue weighted by atomic mass is 9.94. The van der Waals surface area contributed by atoms with E-state index < -0.39 is 52.8 Å². The summed E-state index contributed by atoms with van der Waals surface area (Å²) in [5, 5.41) is 0.725. The lowest BCUT2D eigenvalue weighted by molar-refractivity contribution is -0.142. The van der Waals surface area contributed by atoms with Crippen molar-refractivity contribution >= 4 is 17.7 Å². The fraction of sp³-hybridized carbons (Fsp3) is 0.364. The van der Waals surface area contributed by atoms with E-state index >= 15 is 0 Å². The highest BCUT2D eigenvalue weighted by Gasteiger charge is 2.51. The number of hydrogen-bond acceptors (Lipinski definition) is 2. The Kier molecular flexibility index (Phi) is 3.73. The van der Waals surface area contributed by atoms with E-state index in [0.717, 1.165) is 0 Å². The third kappa shape index (κ3) is 2.87. The molecule has 1 saturated heterocycles. The van der Waals surface area contributed by atoms with Crippen LogP contribution in [0.2, 0.25) is 5.02 Å². The van der Waals surface area contributed by atoms with E-state index in [1.54, 1.807) is 0 Å². The number of halogens is 7. The number of benzene rings is 1. The number of rotatable bonds is 1. The van der Waals surface area contributed by atoms with Gasteiger partial charge in [-0.15, -0.1) is 0 Å². The SMILES string of the molecule is O=C1N[C@@H](c2c(C(F)(F)F)ccc(Cl)c2F)C(F)(F)CO1. The Morgan fingerprint density at radius 2 is 1.95 bits per heavy atom. The Bertz CT molecular complexity index is 589. The standard InChI is InChI=1S/C11H6ClF6NO2/c12-5-2-1-4(11(16,17)18)6(7(5)13)8-10(14,15)3-21-9(20)19-8/h1-2,8H,3H2,(H,19,20)/t8-/m0/s1. The van der Waals surface area contributed by atoms with Crippen LogP contribution in [0.25, 0.3) is 0 Å². The minimum absolute atomic E-state index is 0.373. The van der Waals surface area contributed by atoms with Crippen LogP contribution in [-0.4, -0.2) is 18.6 Å². The lowest BCUT2D eigenvalue weighted by Crippen LogP contribution is -2.50. The maximum Gasteiger partial charge on any atom is 0.416 e. The van der Waals surface area contributed by atoms with E-state index in [9.17, 15) is 31.1 Å². The van der Waals surface area contributed by atoms with Gasteiger partial charge < -0.3 is 10.1 Å². The number of hydrogen-bond donors (Lipinski definition) is 1. The zero-order valence-corrected chi connectivity index (χ0v) is 10.7. The summed E-state index contributed by atoms with van der Waals surface area (Å²) in [7, 11) is 0. The van der Waals surface area contributed by atoms with Crippen molar-refractivity contribution in [2.24, 2.45) is 0 Å². The van der Waals surface area contributed by atoms with Gasteiger partial charge in [0.05, 0.1) is 10.6 Å². The summed E-state index contributed by atoms with van der Waals surface area (Å²) in [6.07, 6.45) is -6.47. The molecule has 1 aliphatic heterocycles. The van der Waals surface area contributed by atoms with Crippen molar-refractivity contribution in [3.05, 3.63) is 34.1 Å². The number of amides is 1. The molecular weight excluding hydrogens is 328 g/mol. The summed E-state index contributed by atoms with van der Waals surface area (Å²) in [6.45, 7) is -1.47. The first-order valence-electron chi connectivity index (χ1n) is 5.40. The Morgan fingerprint density at radius 1 is 1.33 bits per heavy atom. The Labute approximate surface area is 118 Å². The number of alkyl halides is 5. The third-order valence-electron chi connectivity index (χ3n) is 2.81. The van der Waals surface area contributed by atoms with Gasteiger partial charge in [-0.2, -0.15) is 13.2 Å². The van der Waals surface area contributed by atoms with E-state index in [4.69, 9.17) is 11.6 Å². The van der Waals surface area contributed by atoms with Gasteiger partial charge in [-0.25, -0.2) is 18.0 Å². The zero-order chi connectivity index (χ0) is 16.0. The molecule has 0 aromatic heterocycles. The smallest absolute Gasteiger partial charge is 0.416 e. The molecule has 2 rings (SSSR count). The van der Waals surface area contributed by atoms with Crippen LogP contribution in [-0.2, 0) is 10.9 Å². The van der Waals surface area contributed by atoms with Crippen molar-refractivity contribution < 1.29 is 35.9 Å². The van der Waals surface area contributed by atoms with Gasteiger partial charge in [0.1, 0.15) is 11.9 Å². The lowest BCUT2D eigenvalue weighted by Gasteiger charge is -2.33. The van der Waals surface area contributed by atoms with Gasteiger partial charge in [-0.05, 0) is 12.1 Å². The second kappa shape index (κ2) is 4.97. The van der Waals surface area contributed by atoms with Crippen LogP contribution in [0, 0.1) is 5.82 Å². The first-order valence-corrected chi connectivity index (χ1v) is 5.78. The highest BCUT2D eigenvalue weighted by atomic mass is 35.5. The summed E-state index contributed by atoms with van der Waals surface area (Å²) in [6, 6.07) is -1.56. The molecule has 3 nitrogen and oxygen atoms in total. The zero-order valence-electron chi connectivity index (χ0n) is 9.90. The molecule has 0 saturated carbocycles. The molecule has 1 heterocycles. The molecule has 1 atom stereocenters. The van der Waals surface area contributed by atoms with Crippen molar-refractivity contribution in [2.75, 3.05) is 6.61 Å². The molecule has 1 fully saturated rings. The maximum atomic E-state index is 13.9. The molecule has 0 radical (unpaired) electrons. The van der Waals surface area contributed by atoms with Crippen molar-refractivity contribution in [3.63, 3.8) is 0 Å². The van der Waals surface area contributed by atoms with E-state index in [1.807, 2.05) is 0 Å². The Balaban J connectivity index is 2.66. The van der Waals surface area contributed by atoms with Gasteiger partial charge in [0.2, 0.25) is 0 Å². The number of ether oxygens (including phenoxy) is 1. The number of carbonyl (C=O) groups is 1. The Morgan fingerprint density at radius 3 is 2.52 bits per heavy atom. The summed E-state index contributed by atoms with van der Waals surface area (Å²) in [5.41, 5.74) is -3.06. The van der Waals surface area contributed by atoms with Crippen molar-refractivity contribution in [2.45, 2.75) is 18.1 Å². The number of cyclic esters (lactones) is 1. The van der Waals surface area contributed by atoms with Gasteiger partial charge >= 0.3 is 18.2 Å². The fourth-order valence-corrected chi connectivity index (χ4v) is 2.05. The van der Waals surface area contributed by atoms with Gasteiger partial charge in [-0.3, -0.25) is 0 Å². The molecule has 1 N–H and O–H groups in total. The van der Waals surface area contributed by atoms with Crippen LogP contribution >= 0.6 is 11.6 Å². The molecule has 1 aliphatic rings. The summed E-state index contributed by atoms with van der Waals surface area (Å²) < 4.78 is 83.9. The number of nitrogens with one attached hydrogen (secondary N) is 1. The van der Waals surface area contributed by atoms with Gasteiger partial charge in [0.25, 0.3) is 0 Å². The molecule has 0 unspecified atom stereocenters. The second-order valence-corrected chi connectivity index (χ2v) is 4.64. The quantitative estimate of drug-likeness (QED) is 0.791. The average Bonchev–Trinajstić information content (AvgIpc) is 2.34. The molecule has 0 bridgehead atoms. The monoisotopic (exact) mass is 333 g/mol. The first-order chi connectivity index (χ1) is 9.54. The molecule has 21 heavy (non-hydrogen) atoms. The molecular formula is C11H6ClF6NO2. The van der Waals surface area contributed by atoms with Crippen molar-refractivity contribution in [3.8, 4) is 0 Å². The number of carbonyl (C=O) groups excluding carboxylic acids is 1. The third-order valence-corrected chi connectivity index (χ3v) is 3.10. The van der Waals surface area contributed by atoms with E-state index in [2.05, 4.69) is 4.74 Å².